The van der Waals surface area contributed by atoms with Crippen LogP contribution in [-0.2, 0) is 4.79 Å². The number of rotatable bonds is 2. The SMILES string of the molecule is CC1(C)CN(c2ccc(-c3ccno3)cc2)C1=O. The molecule has 0 bridgehead atoms. The molecule has 1 aliphatic rings. The normalized spacial score (nSPS) is 17.7. The van der Waals surface area contributed by atoms with Gasteiger partial charge >= 0.3 is 0 Å². The molecule has 1 aromatic heterocycles. The number of carbonyl (C=O) groups is 1. The minimum absolute atomic E-state index is 0.176. The highest BCUT2D eigenvalue weighted by Gasteiger charge is 2.44. The Morgan fingerprint density at radius 2 is 1.94 bits per heavy atom. The number of carbonyl (C=O) groups excluding carboxylic acids is 1. The predicted molar refractivity (Wildman–Crippen MR) is 68.1 cm³/mol. The Morgan fingerprint density at radius 3 is 2.44 bits per heavy atom. The molecule has 0 saturated carbocycles. The van der Waals surface area contributed by atoms with Gasteiger partial charge in [0.15, 0.2) is 5.76 Å². The third kappa shape index (κ3) is 1.61. The molecular formula is C14H14N2O2. The Morgan fingerprint density at radius 1 is 1.22 bits per heavy atom. The minimum Gasteiger partial charge on any atom is -0.356 e. The van der Waals surface area contributed by atoms with Gasteiger partial charge in [-0.3, -0.25) is 4.79 Å². The standard InChI is InChI=1S/C14H14N2O2/c1-14(2)9-16(13(14)17)11-5-3-10(4-6-11)12-7-8-15-18-12/h3-8H,9H2,1-2H3. The zero-order valence-electron chi connectivity index (χ0n) is 10.4. The summed E-state index contributed by atoms with van der Waals surface area (Å²) in [4.78, 5) is 13.7. The van der Waals surface area contributed by atoms with Crippen LogP contribution in [0.4, 0.5) is 5.69 Å². The Kier molecular flexibility index (Phi) is 2.26. The van der Waals surface area contributed by atoms with E-state index in [0.717, 1.165) is 23.6 Å². The number of hydrogen-bond donors (Lipinski definition) is 0. The molecule has 4 heteroatoms. The van der Waals surface area contributed by atoms with Crippen LogP contribution in [0.2, 0.25) is 0 Å². The van der Waals surface area contributed by atoms with Crippen molar-refractivity contribution in [2.75, 3.05) is 11.4 Å². The lowest BCUT2D eigenvalue weighted by atomic mass is 9.82. The molecule has 1 aromatic carbocycles. The third-order valence-electron chi connectivity index (χ3n) is 3.28. The van der Waals surface area contributed by atoms with E-state index in [0.29, 0.717) is 0 Å². The summed E-state index contributed by atoms with van der Waals surface area (Å²) >= 11 is 0. The Labute approximate surface area is 105 Å². The first-order valence-electron chi connectivity index (χ1n) is 5.91. The first kappa shape index (κ1) is 11.0. The third-order valence-corrected chi connectivity index (χ3v) is 3.28. The van der Waals surface area contributed by atoms with Gasteiger partial charge in [-0.15, -0.1) is 0 Å². The van der Waals surface area contributed by atoms with Crippen LogP contribution in [0.5, 0.6) is 0 Å². The first-order valence-corrected chi connectivity index (χ1v) is 5.91. The molecule has 2 aromatic rings. The van der Waals surface area contributed by atoms with Crippen molar-refractivity contribution in [2.24, 2.45) is 5.41 Å². The Bertz CT molecular complexity index is 570. The van der Waals surface area contributed by atoms with Crippen LogP contribution in [0.25, 0.3) is 11.3 Å². The molecule has 92 valence electrons. The van der Waals surface area contributed by atoms with E-state index in [9.17, 15) is 4.79 Å². The summed E-state index contributed by atoms with van der Waals surface area (Å²) in [6, 6.07) is 9.56. The largest absolute Gasteiger partial charge is 0.356 e. The highest BCUT2D eigenvalue weighted by atomic mass is 16.5. The van der Waals surface area contributed by atoms with E-state index in [1.165, 1.54) is 0 Å². The van der Waals surface area contributed by atoms with Crippen LogP contribution in [0.15, 0.2) is 41.1 Å². The van der Waals surface area contributed by atoms with E-state index in [1.807, 2.05) is 44.2 Å². The lowest BCUT2D eigenvalue weighted by Crippen LogP contribution is -2.58. The molecule has 18 heavy (non-hydrogen) atoms. The Balaban J connectivity index is 1.83. The molecule has 1 aliphatic heterocycles. The van der Waals surface area contributed by atoms with Gasteiger partial charge in [-0.1, -0.05) is 5.16 Å². The highest BCUT2D eigenvalue weighted by molar-refractivity contribution is 6.04. The van der Waals surface area contributed by atoms with Crippen LogP contribution in [0, 0.1) is 5.41 Å². The fourth-order valence-corrected chi connectivity index (χ4v) is 2.19. The summed E-state index contributed by atoms with van der Waals surface area (Å²) in [5.41, 5.74) is 1.68. The van der Waals surface area contributed by atoms with Gasteiger partial charge in [0, 0.05) is 23.9 Å². The van der Waals surface area contributed by atoms with E-state index >= 15 is 0 Å². The first-order chi connectivity index (χ1) is 8.58. The zero-order valence-corrected chi connectivity index (χ0v) is 10.4. The van der Waals surface area contributed by atoms with E-state index in [4.69, 9.17) is 4.52 Å². The van der Waals surface area contributed by atoms with E-state index < -0.39 is 0 Å². The van der Waals surface area contributed by atoms with Crippen molar-refractivity contribution in [3.05, 3.63) is 36.5 Å². The molecule has 1 amide bonds. The summed E-state index contributed by atoms with van der Waals surface area (Å²) in [6.45, 7) is 4.71. The second-order valence-electron chi connectivity index (χ2n) is 5.20. The van der Waals surface area contributed by atoms with Gasteiger partial charge in [0.1, 0.15) is 0 Å². The van der Waals surface area contributed by atoms with Gasteiger partial charge < -0.3 is 9.42 Å². The topological polar surface area (TPSA) is 46.3 Å². The van der Waals surface area contributed by atoms with Gasteiger partial charge in [-0.25, -0.2) is 0 Å². The van der Waals surface area contributed by atoms with Crippen molar-refractivity contribution in [1.29, 1.82) is 0 Å². The van der Waals surface area contributed by atoms with Crippen molar-refractivity contribution in [2.45, 2.75) is 13.8 Å². The number of hydrogen-bond acceptors (Lipinski definition) is 3. The van der Waals surface area contributed by atoms with Gasteiger partial charge in [-0.2, -0.15) is 0 Å². The molecule has 1 fully saturated rings. The summed E-state index contributed by atoms with van der Waals surface area (Å²) in [7, 11) is 0. The quantitative estimate of drug-likeness (QED) is 0.761. The number of nitrogens with zero attached hydrogens (tertiary/aromatic N) is 2. The number of benzene rings is 1. The summed E-state index contributed by atoms with van der Waals surface area (Å²) < 4.78 is 5.08. The second-order valence-corrected chi connectivity index (χ2v) is 5.20. The van der Waals surface area contributed by atoms with Crippen LogP contribution in [0.3, 0.4) is 0 Å². The van der Waals surface area contributed by atoms with E-state index in [2.05, 4.69) is 5.16 Å². The van der Waals surface area contributed by atoms with Crippen molar-refractivity contribution < 1.29 is 9.32 Å². The smallest absolute Gasteiger partial charge is 0.234 e. The van der Waals surface area contributed by atoms with Crippen molar-refractivity contribution in [3.63, 3.8) is 0 Å². The Hall–Kier alpha value is -2.10. The van der Waals surface area contributed by atoms with Crippen molar-refractivity contribution in [3.8, 4) is 11.3 Å². The maximum absolute atomic E-state index is 11.9. The maximum atomic E-state index is 11.9. The molecule has 1 saturated heterocycles. The van der Waals surface area contributed by atoms with Gasteiger partial charge in [0.25, 0.3) is 0 Å². The van der Waals surface area contributed by atoms with Gasteiger partial charge in [0.05, 0.1) is 11.6 Å². The van der Waals surface area contributed by atoms with Crippen LogP contribution in [0.1, 0.15) is 13.8 Å². The van der Waals surface area contributed by atoms with E-state index in [-0.39, 0.29) is 11.3 Å². The molecule has 0 N–H and O–H groups in total. The predicted octanol–water partition coefficient (Wildman–Crippen LogP) is 2.71. The van der Waals surface area contributed by atoms with E-state index in [1.54, 1.807) is 11.1 Å². The average Bonchev–Trinajstić information content (AvgIpc) is 2.90. The van der Waals surface area contributed by atoms with Crippen LogP contribution in [-0.4, -0.2) is 17.6 Å². The zero-order chi connectivity index (χ0) is 12.8. The molecule has 0 atom stereocenters. The van der Waals surface area contributed by atoms with Gasteiger partial charge in [0.2, 0.25) is 5.91 Å². The molecule has 0 spiro atoms. The number of anilines is 1. The number of aromatic nitrogens is 1. The highest BCUT2D eigenvalue weighted by Crippen LogP contribution is 2.35. The lowest BCUT2D eigenvalue weighted by Gasteiger charge is -2.44. The average molecular weight is 242 g/mol. The summed E-state index contributed by atoms with van der Waals surface area (Å²) in [5.74, 6) is 0.909. The van der Waals surface area contributed by atoms with Gasteiger partial charge in [-0.05, 0) is 38.1 Å². The summed E-state index contributed by atoms with van der Waals surface area (Å²) in [5, 5.41) is 3.67. The number of amides is 1. The maximum Gasteiger partial charge on any atom is 0.234 e. The van der Waals surface area contributed by atoms with Crippen LogP contribution < -0.4 is 4.90 Å². The summed E-state index contributed by atoms with van der Waals surface area (Å²) in [6.07, 6.45) is 1.62. The molecule has 4 nitrogen and oxygen atoms in total. The van der Waals surface area contributed by atoms with Crippen LogP contribution >= 0.6 is 0 Å². The fraction of sp³-hybridized carbons (Fsp3) is 0.286. The monoisotopic (exact) mass is 242 g/mol. The molecule has 0 radical (unpaired) electrons. The molecular weight excluding hydrogens is 228 g/mol. The second kappa shape index (κ2) is 3.70. The van der Waals surface area contributed by atoms with Crippen molar-refractivity contribution >= 4 is 11.6 Å². The molecule has 0 aliphatic carbocycles. The van der Waals surface area contributed by atoms with Crippen molar-refractivity contribution in [1.82, 2.24) is 5.16 Å². The molecule has 0 unspecified atom stereocenters. The fourth-order valence-electron chi connectivity index (χ4n) is 2.19. The molecule has 3 rings (SSSR count). The number of β-lactam (4-membered cyclic amide) rings is 1. The lowest BCUT2D eigenvalue weighted by molar-refractivity contribution is -0.132. The minimum atomic E-state index is -0.219. The molecule has 2 heterocycles.